The minimum absolute atomic E-state index is 0.0131. The molecule has 1 amide bonds. The third-order valence-electron chi connectivity index (χ3n) is 1.90. The monoisotopic (exact) mass is 291 g/mol. The maximum Gasteiger partial charge on any atom is 0.248 e. The molecule has 0 bridgehead atoms. The molecule has 0 atom stereocenters. The van der Waals surface area contributed by atoms with Crippen molar-refractivity contribution in [1.82, 2.24) is 4.90 Å². The van der Waals surface area contributed by atoms with Gasteiger partial charge in [-0.1, -0.05) is 0 Å². The topological polar surface area (TPSA) is 29.5 Å². The number of nitrogens with zero attached hydrogens (tertiary/aromatic N) is 1. The molecule has 0 aliphatic rings. The lowest BCUT2D eigenvalue weighted by atomic mass is 10.3. The molecule has 1 heterocycles. The number of rotatable bonds is 5. The average molecular weight is 292 g/mol. The van der Waals surface area contributed by atoms with E-state index >= 15 is 0 Å². The van der Waals surface area contributed by atoms with Crippen LogP contribution in [0.25, 0.3) is 0 Å². The van der Waals surface area contributed by atoms with Crippen LogP contribution in [0, 0.1) is 0 Å². The molecule has 0 N–H and O–H groups in total. The fourth-order valence-corrected chi connectivity index (χ4v) is 2.29. The molecule has 3 nitrogen and oxygen atoms in total. The Morgan fingerprint density at radius 1 is 1.67 bits per heavy atom. The Labute approximate surface area is 102 Å². The van der Waals surface area contributed by atoms with Gasteiger partial charge in [-0.05, 0) is 39.9 Å². The predicted molar refractivity (Wildman–Crippen MR) is 65.0 cm³/mol. The van der Waals surface area contributed by atoms with E-state index in [1.165, 1.54) is 0 Å². The number of thiophene rings is 1. The van der Waals surface area contributed by atoms with Crippen molar-refractivity contribution in [2.75, 3.05) is 20.3 Å². The summed E-state index contributed by atoms with van der Waals surface area (Å²) in [6.07, 6.45) is 0. The number of halogens is 1. The van der Waals surface area contributed by atoms with Gasteiger partial charge < -0.3 is 9.64 Å². The molecule has 0 fully saturated rings. The molecule has 0 spiro atoms. The van der Waals surface area contributed by atoms with Crippen molar-refractivity contribution in [2.24, 2.45) is 0 Å². The maximum absolute atomic E-state index is 11.5. The Bertz CT molecular complexity index is 327. The minimum atomic E-state index is 0.0131. The van der Waals surface area contributed by atoms with Gasteiger partial charge in [0.2, 0.25) is 5.91 Å². The fourth-order valence-electron chi connectivity index (χ4n) is 1.09. The van der Waals surface area contributed by atoms with E-state index in [2.05, 4.69) is 15.9 Å². The van der Waals surface area contributed by atoms with E-state index in [1.54, 1.807) is 23.3 Å². The van der Waals surface area contributed by atoms with Crippen molar-refractivity contribution >= 4 is 33.2 Å². The Kier molecular flexibility index (Phi) is 5.28. The number of hydrogen-bond acceptors (Lipinski definition) is 3. The molecule has 0 aliphatic carbocycles. The largest absolute Gasteiger partial charge is 0.372 e. The molecule has 0 saturated carbocycles. The van der Waals surface area contributed by atoms with Crippen LogP contribution in [0.2, 0.25) is 0 Å². The van der Waals surface area contributed by atoms with Gasteiger partial charge in [0.25, 0.3) is 0 Å². The molecule has 84 valence electrons. The van der Waals surface area contributed by atoms with E-state index in [0.29, 0.717) is 13.2 Å². The number of likely N-dealkylation sites (N-methyl/N-ethyl adjacent to an activating group) is 1. The Morgan fingerprint density at radius 2 is 2.40 bits per heavy atom. The summed E-state index contributed by atoms with van der Waals surface area (Å²) in [5, 5.41) is 2.04. The molecule has 0 aliphatic heterocycles. The second-order valence-corrected chi connectivity index (χ2v) is 5.44. The van der Waals surface area contributed by atoms with Gasteiger partial charge in [-0.15, -0.1) is 11.3 Å². The number of ether oxygens (including phenoxy) is 1. The van der Waals surface area contributed by atoms with Crippen LogP contribution in [-0.4, -0.2) is 31.1 Å². The number of carbonyl (C=O) groups is 1. The van der Waals surface area contributed by atoms with Crippen molar-refractivity contribution in [1.29, 1.82) is 0 Å². The van der Waals surface area contributed by atoms with Crippen LogP contribution >= 0.6 is 27.3 Å². The first-order chi connectivity index (χ1) is 7.13. The summed E-state index contributed by atoms with van der Waals surface area (Å²) in [4.78, 5) is 13.2. The van der Waals surface area contributed by atoms with E-state index in [9.17, 15) is 4.79 Å². The summed E-state index contributed by atoms with van der Waals surface area (Å²) < 4.78 is 6.15. The second-order valence-electron chi connectivity index (χ2n) is 3.15. The fraction of sp³-hybridized carbons (Fsp3) is 0.500. The summed E-state index contributed by atoms with van der Waals surface area (Å²) in [6, 6.07) is 2.02. The highest BCUT2D eigenvalue weighted by molar-refractivity contribution is 9.11. The molecule has 0 unspecified atom stereocenters. The SMILES string of the molecule is CCOCC(=O)N(C)Cc1csc(Br)c1. The van der Waals surface area contributed by atoms with Crippen LogP contribution in [0.3, 0.4) is 0 Å². The molecular weight excluding hydrogens is 278 g/mol. The van der Waals surface area contributed by atoms with Gasteiger partial charge in [-0.2, -0.15) is 0 Å². The molecule has 1 rings (SSSR count). The van der Waals surface area contributed by atoms with Crippen LogP contribution in [0.15, 0.2) is 15.2 Å². The van der Waals surface area contributed by atoms with Crippen molar-refractivity contribution in [3.8, 4) is 0 Å². The van der Waals surface area contributed by atoms with Gasteiger partial charge in [-0.3, -0.25) is 4.79 Å². The van der Waals surface area contributed by atoms with E-state index in [4.69, 9.17) is 4.74 Å². The predicted octanol–water partition coefficient (Wildman–Crippen LogP) is 2.51. The minimum Gasteiger partial charge on any atom is -0.372 e. The molecule has 5 heteroatoms. The third-order valence-corrected chi connectivity index (χ3v) is 3.45. The normalized spacial score (nSPS) is 10.3. The first-order valence-corrected chi connectivity index (χ1v) is 6.35. The van der Waals surface area contributed by atoms with E-state index in [1.807, 2.05) is 18.4 Å². The van der Waals surface area contributed by atoms with Crippen molar-refractivity contribution in [2.45, 2.75) is 13.5 Å². The maximum atomic E-state index is 11.5. The quantitative estimate of drug-likeness (QED) is 0.834. The first kappa shape index (κ1) is 12.7. The summed E-state index contributed by atoms with van der Waals surface area (Å²) in [6.45, 7) is 3.25. The highest BCUT2D eigenvalue weighted by atomic mass is 79.9. The van der Waals surface area contributed by atoms with Gasteiger partial charge >= 0.3 is 0 Å². The molecule has 15 heavy (non-hydrogen) atoms. The van der Waals surface area contributed by atoms with Crippen LogP contribution in [0.1, 0.15) is 12.5 Å². The summed E-state index contributed by atoms with van der Waals surface area (Å²) in [5.74, 6) is 0.0131. The van der Waals surface area contributed by atoms with Gasteiger partial charge in [0.1, 0.15) is 6.61 Å². The van der Waals surface area contributed by atoms with Gasteiger partial charge in [-0.25, -0.2) is 0 Å². The lowest BCUT2D eigenvalue weighted by molar-refractivity contribution is -0.135. The molecule has 1 aromatic heterocycles. The highest BCUT2D eigenvalue weighted by Gasteiger charge is 2.09. The average Bonchev–Trinajstić information content (AvgIpc) is 2.60. The molecule has 0 aromatic carbocycles. The molecule has 1 aromatic rings. The Hall–Kier alpha value is -0.390. The smallest absolute Gasteiger partial charge is 0.248 e. The molecule has 0 radical (unpaired) electrons. The molecular formula is C10H14BrNO2S. The van der Waals surface area contributed by atoms with Crippen molar-refractivity contribution < 1.29 is 9.53 Å². The van der Waals surface area contributed by atoms with Crippen molar-refractivity contribution in [3.05, 3.63) is 20.8 Å². The Balaban J connectivity index is 2.41. The zero-order chi connectivity index (χ0) is 11.3. The van der Waals surface area contributed by atoms with Crippen LogP contribution in [0.5, 0.6) is 0 Å². The van der Waals surface area contributed by atoms with Crippen LogP contribution < -0.4 is 0 Å². The van der Waals surface area contributed by atoms with Gasteiger partial charge in [0.05, 0.1) is 3.79 Å². The summed E-state index contributed by atoms with van der Waals surface area (Å²) >= 11 is 5.01. The highest BCUT2D eigenvalue weighted by Crippen LogP contribution is 2.21. The summed E-state index contributed by atoms with van der Waals surface area (Å²) in [7, 11) is 1.78. The number of carbonyl (C=O) groups excluding carboxylic acids is 1. The van der Waals surface area contributed by atoms with E-state index in [0.717, 1.165) is 9.35 Å². The zero-order valence-corrected chi connectivity index (χ0v) is 11.2. The van der Waals surface area contributed by atoms with Crippen molar-refractivity contribution in [3.63, 3.8) is 0 Å². The standard InChI is InChI=1S/C10H14BrNO2S/c1-3-14-6-10(13)12(2)5-8-4-9(11)15-7-8/h4,7H,3,5-6H2,1-2H3. The van der Waals surface area contributed by atoms with Crippen LogP contribution in [-0.2, 0) is 16.1 Å². The lowest BCUT2D eigenvalue weighted by Crippen LogP contribution is -2.29. The number of amides is 1. The third kappa shape index (κ3) is 4.32. The van der Waals surface area contributed by atoms with Crippen LogP contribution in [0.4, 0.5) is 0 Å². The second kappa shape index (κ2) is 6.25. The first-order valence-electron chi connectivity index (χ1n) is 4.68. The Morgan fingerprint density at radius 3 is 2.93 bits per heavy atom. The lowest BCUT2D eigenvalue weighted by Gasteiger charge is -2.15. The summed E-state index contributed by atoms with van der Waals surface area (Å²) in [5.41, 5.74) is 1.14. The molecule has 0 saturated heterocycles. The van der Waals surface area contributed by atoms with Gasteiger partial charge in [0.15, 0.2) is 0 Å². The zero-order valence-electron chi connectivity index (χ0n) is 8.83. The van der Waals surface area contributed by atoms with E-state index in [-0.39, 0.29) is 12.5 Å². The van der Waals surface area contributed by atoms with Gasteiger partial charge in [0, 0.05) is 20.2 Å². The number of hydrogen-bond donors (Lipinski definition) is 0. The van der Waals surface area contributed by atoms with E-state index < -0.39 is 0 Å².